The molecular weight excluding hydrogens is 394 g/mol. The lowest BCUT2D eigenvalue weighted by Gasteiger charge is -2.41. The first-order chi connectivity index (χ1) is 15.1. The van der Waals surface area contributed by atoms with E-state index in [1.807, 2.05) is 42.5 Å². The van der Waals surface area contributed by atoms with Crippen molar-refractivity contribution < 1.29 is 19.1 Å². The molecule has 0 radical (unpaired) electrons. The molecule has 2 aromatic carbocycles. The second-order valence-electron chi connectivity index (χ2n) is 7.81. The zero-order chi connectivity index (χ0) is 21.8. The summed E-state index contributed by atoms with van der Waals surface area (Å²) < 4.78 is 4.92. The third-order valence-corrected chi connectivity index (χ3v) is 5.81. The molecule has 0 saturated heterocycles. The van der Waals surface area contributed by atoms with E-state index in [2.05, 4.69) is 5.32 Å². The summed E-state index contributed by atoms with van der Waals surface area (Å²) in [5.41, 5.74) is 2.74. The molecule has 7 nitrogen and oxygen atoms in total. The van der Waals surface area contributed by atoms with Gasteiger partial charge < -0.3 is 15.0 Å². The number of nitrogens with zero attached hydrogens (tertiary/aromatic N) is 2. The van der Waals surface area contributed by atoms with E-state index in [-0.39, 0.29) is 17.7 Å². The largest absolute Gasteiger partial charge is 0.383 e. The second kappa shape index (κ2) is 9.31. The number of ether oxygens (including phenoxy) is 1. The molecule has 0 bridgehead atoms. The Kier molecular flexibility index (Phi) is 6.32. The molecule has 2 aliphatic rings. The fourth-order valence-corrected chi connectivity index (χ4v) is 4.32. The molecule has 1 unspecified atom stereocenters. The van der Waals surface area contributed by atoms with Crippen LogP contribution in [0.1, 0.15) is 58.1 Å². The van der Waals surface area contributed by atoms with Gasteiger partial charge >= 0.3 is 0 Å². The predicted molar refractivity (Wildman–Crippen MR) is 117 cm³/mol. The summed E-state index contributed by atoms with van der Waals surface area (Å²) in [7, 11) is 1.60. The van der Waals surface area contributed by atoms with Crippen molar-refractivity contribution in [3.63, 3.8) is 0 Å². The van der Waals surface area contributed by atoms with Gasteiger partial charge in [-0.2, -0.15) is 0 Å². The highest BCUT2D eigenvalue weighted by Crippen LogP contribution is 2.45. The van der Waals surface area contributed by atoms with Crippen molar-refractivity contribution in [2.24, 2.45) is 0 Å². The third-order valence-electron chi connectivity index (χ3n) is 5.81. The molecule has 2 aromatic rings. The highest BCUT2D eigenvalue weighted by atomic mass is 16.5. The van der Waals surface area contributed by atoms with Crippen LogP contribution in [-0.2, 0) is 9.53 Å². The standard InChI is InChI=1S/C24H27N3O4/c1-31-16-14-25-21(28)13-3-2-8-15-26-22-17-9-4-5-10-18(17)24(30)27(22)20-12-7-6-11-19(20)23(26)29/h4-7,9-12,22H,2-3,8,13-16H2,1H3,(H,25,28). The summed E-state index contributed by atoms with van der Waals surface area (Å²) in [5, 5.41) is 2.82. The van der Waals surface area contributed by atoms with Crippen LogP contribution in [0.2, 0.25) is 0 Å². The van der Waals surface area contributed by atoms with E-state index in [1.165, 1.54) is 0 Å². The topological polar surface area (TPSA) is 79.0 Å². The number of anilines is 1. The van der Waals surface area contributed by atoms with Crippen molar-refractivity contribution in [3.8, 4) is 0 Å². The Morgan fingerprint density at radius 1 is 0.968 bits per heavy atom. The molecule has 4 rings (SSSR count). The number of carbonyl (C=O) groups is 3. The predicted octanol–water partition coefficient (Wildman–Crippen LogP) is 3.12. The highest BCUT2D eigenvalue weighted by Gasteiger charge is 2.47. The van der Waals surface area contributed by atoms with Gasteiger partial charge in [0, 0.05) is 37.7 Å². The van der Waals surface area contributed by atoms with Crippen LogP contribution in [0, 0.1) is 0 Å². The zero-order valence-electron chi connectivity index (χ0n) is 17.7. The molecule has 2 aliphatic heterocycles. The summed E-state index contributed by atoms with van der Waals surface area (Å²) in [6, 6.07) is 14.8. The van der Waals surface area contributed by atoms with E-state index in [4.69, 9.17) is 4.74 Å². The fourth-order valence-electron chi connectivity index (χ4n) is 4.32. The molecule has 0 aliphatic carbocycles. The lowest BCUT2D eigenvalue weighted by Crippen LogP contribution is -2.48. The summed E-state index contributed by atoms with van der Waals surface area (Å²) in [6.45, 7) is 1.55. The number of para-hydroxylation sites is 1. The van der Waals surface area contributed by atoms with Crippen LogP contribution in [0.15, 0.2) is 48.5 Å². The first kappa shape index (κ1) is 21.1. The van der Waals surface area contributed by atoms with Gasteiger partial charge in [0.15, 0.2) is 0 Å². The maximum atomic E-state index is 13.3. The van der Waals surface area contributed by atoms with E-state index in [0.717, 1.165) is 24.8 Å². The van der Waals surface area contributed by atoms with Crippen LogP contribution in [0.4, 0.5) is 5.69 Å². The molecule has 0 spiro atoms. The average molecular weight is 421 g/mol. The Morgan fingerprint density at radius 3 is 2.52 bits per heavy atom. The number of amides is 3. The molecule has 0 fully saturated rings. The molecule has 7 heteroatoms. The van der Waals surface area contributed by atoms with Crippen molar-refractivity contribution in [2.45, 2.75) is 31.8 Å². The molecule has 0 saturated carbocycles. The molecule has 1 N–H and O–H groups in total. The van der Waals surface area contributed by atoms with E-state index in [0.29, 0.717) is 42.9 Å². The Bertz CT molecular complexity index is 990. The Labute approximate surface area is 182 Å². The molecule has 1 atom stereocenters. The van der Waals surface area contributed by atoms with Gasteiger partial charge in [-0.25, -0.2) is 0 Å². The van der Waals surface area contributed by atoms with Crippen LogP contribution in [0.5, 0.6) is 0 Å². The fraction of sp³-hybridized carbons (Fsp3) is 0.375. The SMILES string of the molecule is COCCNC(=O)CCCCCN1C(=O)c2ccccc2N2C(=O)c3ccccc3C12. The van der Waals surface area contributed by atoms with Crippen molar-refractivity contribution in [1.29, 1.82) is 0 Å². The molecule has 3 amide bonds. The summed E-state index contributed by atoms with van der Waals surface area (Å²) in [4.78, 5) is 41.8. The summed E-state index contributed by atoms with van der Waals surface area (Å²) in [5.74, 6) is -0.113. The van der Waals surface area contributed by atoms with Gasteiger partial charge in [-0.1, -0.05) is 36.8 Å². The van der Waals surface area contributed by atoms with Crippen LogP contribution >= 0.6 is 0 Å². The normalized spacial score (nSPS) is 16.7. The maximum absolute atomic E-state index is 13.3. The van der Waals surface area contributed by atoms with E-state index in [9.17, 15) is 14.4 Å². The summed E-state index contributed by atoms with van der Waals surface area (Å²) >= 11 is 0. The van der Waals surface area contributed by atoms with E-state index >= 15 is 0 Å². The Morgan fingerprint density at radius 2 is 1.71 bits per heavy atom. The summed E-state index contributed by atoms with van der Waals surface area (Å²) in [6.07, 6.45) is 2.38. The van der Waals surface area contributed by atoms with Crippen molar-refractivity contribution in [2.75, 3.05) is 31.7 Å². The first-order valence-corrected chi connectivity index (χ1v) is 10.7. The molecule has 162 valence electrons. The van der Waals surface area contributed by atoms with Crippen LogP contribution in [0.3, 0.4) is 0 Å². The monoisotopic (exact) mass is 421 g/mol. The van der Waals surface area contributed by atoms with Crippen LogP contribution < -0.4 is 10.2 Å². The van der Waals surface area contributed by atoms with Gasteiger partial charge in [-0.3, -0.25) is 19.3 Å². The number of fused-ring (bicyclic) bond motifs is 5. The molecule has 31 heavy (non-hydrogen) atoms. The minimum absolute atomic E-state index is 0.0153. The van der Waals surface area contributed by atoms with Crippen LogP contribution in [0.25, 0.3) is 0 Å². The number of hydrogen-bond donors (Lipinski definition) is 1. The van der Waals surface area contributed by atoms with Gasteiger partial charge in [0.2, 0.25) is 5.91 Å². The smallest absolute Gasteiger partial charge is 0.260 e. The maximum Gasteiger partial charge on any atom is 0.260 e. The van der Waals surface area contributed by atoms with E-state index in [1.54, 1.807) is 23.0 Å². The van der Waals surface area contributed by atoms with Crippen molar-refractivity contribution in [3.05, 3.63) is 65.2 Å². The van der Waals surface area contributed by atoms with Crippen LogP contribution in [-0.4, -0.2) is 49.4 Å². The number of benzene rings is 2. The van der Waals surface area contributed by atoms with E-state index < -0.39 is 6.17 Å². The number of nitrogens with one attached hydrogen (secondary N) is 1. The lowest BCUT2D eigenvalue weighted by molar-refractivity contribution is -0.121. The van der Waals surface area contributed by atoms with Gasteiger partial charge in [-0.15, -0.1) is 0 Å². The number of carbonyl (C=O) groups excluding carboxylic acids is 3. The zero-order valence-corrected chi connectivity index (χ0v) is 17.7. The first-order valence-electron chi connectivity index (χ1n) is 10.7. The minimum atomic E-state index is -0.413. The number of hydrogen-bond acceptors (Lipinski definition) is 4. The Balaban J connectivity index is 1.45. The number of rotatable bonds is 9. The second-order valence-corrected chi connectivity index (χ2v) is 7.81. The quantitative estimate of drug-likeness (QED) is 0.631. The molecular formula is C24H27N3O4. The number of unbranched alkanes of at least 4 members (excludes halogenated alkanes) is 2. The van der Waals surface area contributed by atoms with Gasteiger partial charge in [-0.05, 0) is 31.0 Å². The van der Waals surface area contributed by atoms with Gasteiger partial charge in [0.25, 0.3) is 11.8 Å². The average Bonchev–Trinajstić information content (AvgIpc) is 3.08. The van der Waals surface area contributed by atoms with Crippen molar-refractivity contribution >= 4 is 23.4 Å². The third kappa shape index (κ3) is 4.05. The number of methoxy groups -OCH3 is 1. The molecule has 0 aromatic heterocycles. The highest BCUT2D eigenvalue weighted by molar-refractivity contribution is 6.16. The van der Waals surface area contributed by atoms with Gasteiger partial charge in [0.1, 0.15) is 6.17 Å². The van der Waals surface area contributed by atoms with Gasteiger partial charge in [0.05, 0.1) is 17.9 Å². The molecule has 2 heterocycles. The lowest BCUT2D eigenvalue weighted by atomic mass is 10.0. The van der Waals surface area contributed by atoms with Crippen molar-refractivity contribution in [1.82, 2.24) is 10.2 Å². The minimum Gasteiger partial charge on any atom is -0.383 e. The Hall–Kier alpha value is -3.19.